The van der Waals surface area contributed by atoms with E-state index in [0.29, 0.717) is 0 Å². The second-order valence-electron chi connectivity index (χ2n) is 5.53. The Morgan fingerprint density at radius 3 is 2.68 bits per heavy atom. The Morgan fingerprint density at radius 1 is 1.44 bits per heavy atom. The van der Waals surface area contributed by atoms with Crippen LogP contribution >= 0.6 is 0 Å². The fraction of sp³-hybridized carbons (Fsp3) is 0.400. The predicted molar refractivity (Wildman–Crippen MR) is 82.7 cm³/mol. The first kappa shape index (κ1) is 18.7. The summed E-state index contributed by atoms with van der Waals surface area (Å²) in [4.78, 5) is 29.7. The summed E-state index contributed by atoms with van der Waals surface area (Å²) >= 11 is 0. The number of nitrogens with one attached hydrogen (secondary N) is 1. The molecule has 10 heteroatoms. The molecular formula is C15H17F3N4O3. The highest BCUT2D eigenvalue weighted by atomic mass is 19.4. The molecule has 1 aliphatic rings. The molecule has 136 valence electrons. The van der Waals surface area contributed by atoms with Crippen molar-refractivity contribution in [1.82, 2.24) is 14.9 Å². The minimum absolute atomic E-state index is 0.0811. The molecule has 25 heavy (non-hydrogen) atoms. The number of hydrogen-bond donors (Lipinski definition) is 3. The van der Waals surface area contributed by atoms with Crippen LogP contribution in [0.2, 0.25) is 0 Å². The summed E-state index contributed by atoms with van der Waals surface area (Å²) in [5.41, 5.74) is 8.91. The van der Waals surface area contributed by atoms with Crippen LogP contribution in [0.25, 0.3) is 11.0 Å². The number of carboxylic acid groups (broad SMARTS) is 1. The van der Waals surface area contributed by atoms with Gasteiger partial charge < -0.3 is 20.7 Å². The molecule has 0 bridgehead atoms. The number of alkyl halides is 3. The monoisotopic (exact) mass is 358 g/mol. The Balaban J connectivity index is 0.000000277. The molecule has 0 aliphatic carbocycles. The molecule has 1 aromatic heterocycles. The first-order valence-corrected chi connectivity index (χ1v) is 7.45. The summed E-state index contributed by atoms with van der Waals surface area (Å²) < 4.78 is 31.7. The van der Waals surface area contributed by atoms with Crippen LogP contribution in [0.3, 0.4) is 0 Å². The molecule has 0 saturated carbocycles. The second-order valence-corrected chi connectivity index (χ2v) is 5.53. The highest BCUT2D eigenvalue weighted by Crippen LogP contribution is 2.15. The zero-order valence-electron chi connectivity index (χ0n) is 13.1. The van der Waals surface area contributed by atoms with Crippen LogP contribution in [0.5, 0.6) is 0 Å². The molecule has 4 N–H and O–H groups in total. The van der Waals surface area contributed by atoms with Gasteiger partial charge in [-0.25, -0.2) is 9.78 Å². The van der Waals surface area contributed by atoms with E-state index in [9.17, 15) is 18.0 Å². The lowest BCUT2D eigenvalue weighted by Gasteiger charge is -2.15. The van der Waals surface area contributed by atoms with Crippen LogP contribution in [0.1, 0.15) is 12.0 Å². The number of nitrogens with two attached hydrogens (primary N) is 1. The number of nitrogens with zero attached hydrogens (tertiary/aromatic N) is 2. The average Bonchev–Trinajstić information content (AvgIpc) is 3.12. The number of aliphatic carboxylic acids is 1. The number of fused-ring (bicyclic) bond motifs is 1. The number of aromatic amines is 1. The maximum Gasteiger partial charge on any atom is 0.490 e. The van der Waals surface area contributed by atoms with Crippen molar-refractivity contribution in [3.05, 3.63) is 30.1 Å². The lowest BCUT2D eigenvalue weighted by Crippen LogP contribution is -2.35. The van der Waals surface area contributed by atoms with Crippen LogP contribution in [-0.2, 0) is 16.0 Å². The normalized spacial score (nSPS) is 17.5. The van der Waals surface area contributed by atoms with E-state index in [0.717, 1.165) is 37.0 Å². The minimum atomic E-state index is -5.08. The third kappa shape index (κ3) is 4.92. The van der Waals surface area contributed by atoms with Gasteiger partial charge in [0.05, 0.1) is 23.4 Å². The number of halogens is 3. The zero-order valence-corrected chi connectivity index (χ0v) is 13.1. The maximum absolute atomic E-state index is 11.7. The molecule has 1 atom stereocenters. The Hall–Kier alpha value is -2.62. The number of benzene rings is 1. The van der Waals surface area contributed by atoms with E-state index < -0.39 is 12.1 Å². The number of carbonyl (C=O) groups is 2. The van der Waals surface area contributed by atoms with Gasteiger partial charge in [0.25, 0.3) is 0 Å². The molecule has 0 radical (unpaired) electrons. The van der Waals surface area contributed by atoms with Gasteiger partial charge >= 0.3 is 12.1 Å². The molecule has 2 aromatic rings. The number of rotatable bonds is 3. The molecule has 2 heterocycles. The van der Waals surface area contributed by atoms with Gasteiger partial charge in [-0.15, -0.1) is 0 Å². The minimum Gasteiger partial charge on any atom is -0.475 e. The number of H-pyrrole nitrogens is 1. The molecule has 0 unspecified atom stereocenters. The Bertz CT molecular complexity index is 760. The molecule has 1 amide bonds. The molecule has 7 nitrogen and oxygen atoms in total. The topological polar surface area (TPSA) is 112 Å². The highest BCUT2D eigenvalue weighted by molar-refractivity contribution is 5.83. The van der Waals surface area contributed by atoms with Crippen LogP contribution in [-0.4, -0.2) is 57.2 Å². The fourth-order valence-electron chi connectivity index (χ4n) is 2.39. The second kappa shape index (κ2) is 7.51. The Kier molecular flexibility index (Phi) is 5.62. The van der Waals surface area contributed by atoms with Gasteiger partial charge in [-0.1, -0.05) is 6.07 Å². The molecule has 1 saturated heterocycles. The van der Waals surface area contributed by atoms with Crippen molar-refractivity contribution >= 4 is 22.9 Å². The summed E-state index contributed by atoms with van der Waals surface area (Å²) in [6, 6.07) is 5.85. The van der Waals surface area contributed by atoms with Crippen LogP contribution in [0.4, 0.5) is 13.2 Å². The lowest BCUT2D eigenvalue weighted by atomic mass is 10.1. The van der Waals surface area contributed by atoms with Crippen molar-refractivity contribution < 1.29 is 27.9 Å². The quantitative estimate of drug-likeness (QED) is 0.766. The number of imidazole rings is 1. The highest BCUT2D eigenvalue weighted by Gasteiger charge is 2.38. The number of carboxylic acids is 1. The van der Waals surface area contributed by atoms with Gasteiger partial charge in [-0.05, 0) is 30.5 Å². The van der Waals surface area contributed by atoms with Crippen molar-refractivity contribution in [2.24, 2.45) is 5.73 Å². The van der Waals surface area contributed by atoms with Gasteiger partial charge in [0.15, 0.2) is 0 Å². The largest absolute Gasteiger partial charge is 0.490 e. The lowest BCUT2D eigenvalue weighted by molar-refractivity contribution is -0.192. The van der Waals surface area contributed by atoms with Crippen molar-refractivity contribution in [3.63, 3.8) is 0 Å². The van der Waals surface area contributed by atoms with E-state index in [2.05, 4.69) is 22.1 Å². The van der Waals surface area contributed by atoms with Gasteiger partial charge in [0.2, 0.25) is 5.91 Å². The van der Waals surface area contributed by atoms with Gasteiger partial charge in [-0.3, -0.25) is 4.79 Å². The summed E-state index contributed by atoms with van der Waals surface area (Å²) in [5, 5.41) is 7.12. The number of likely N-dealkylation sites (tertiary alicyclic amines) is 1. The van der Waals surface area contributed by atoms with Gasteiger partial charge in [-0.2, -0.15) is 13.2 Å². The number of amides is 1. The molecule has 1 aliphatic heterocycles. The van der Waals surface area contributed by atoms with Gasteiger partial charge in [0, 0.05) is 13.1 Å². The Morgan fingerprint density at radius 2 is 2.12 bits per heavy atom. The van der Waals surface area contributed by atoms with E-state index >= 15 is 0 Å². The predicted octanol–water partition coefficient (Wildman–Crippen LogP) is 1.30. The van der Waals surface area contributed by atoms with Crippen molar-refractivity contribution in [2.75, 3.05) is 13.1 Å². The van der Waals surface area contributed by atoms with E-state index in [1.165, 1.54) is 5.56 Å². The number of carbonyl (C=O) groups excluding carboxylic acids is 1. The Labute approximate surface area is 140 Å². The van der Waals surface area contributed by atoms with Crippen molar-refractivity contribution in [2.45, 2.75) is 25.1 Å². The van der Waals surface area contributed by atoms with Crippen molar-refractivity contribution in [1.29, 1.82) is 0 Å². The molecule has 1 aromatic carbocycles. The third-order valence-corrected chi connectivity index (χ3v) is 3.74. The first-order chi connectivity index (χ1) is 11.7. The maximum atomic E-state index is 11.7. The fourth-order valence-corrected chi connectivity index (χ4v) is 2.39. The van der Waals surface area contributed by atoms with E-state index in [1.807, 2.05) is 11.0 Å². The van der Waals surface area contributed by atoms with Gasteiger partial charge in [0.1, 0.15) is 0 Å². The van der Waals surface area contributed by atoms with E-state index in [1.54, 1.807) is 6.33 Å². The summed E-state index contributed by atoms with van der Waals surface area (Å²) in [6.07, 6.45) is -1.76. The average molecular weight is 358 g/mol. The molecule has 1 fully saturated rings. The molecular weight excluding hydrogens is 341 g/mol. The van der Waals surface area contributed by atoms with Crippen LogP contribution in [0, 0.1) is 0 Å². The molecule has 3 rings (SSSR count). The summed E-state index contributed by atoms with van der Waals surface area (Å²) in [5.74, 6) is -2.68. The molecule has 0 spiro atoms. The third-order valence-electron chi connectivity index (χ3n) is 3.74. The van der Waals surface area contributed by atoms with E-state index in [-0.39, 0.29) is 11.9 Å². The summed E-state index contributed by atoms with van der Waals surface area (Å²) in [6.45, 7) is 1.53. The van der Waals surface area contributed by atoms with E-state index in [4.69, 9.17) is 15.6 Å². The number of aromatic nitrogens is 2. The SMILES string of the molecule is N[C@H]1CCN(CCc2ccc3nc[nH]c3c2)C1=O.O=C(O)C(F)(F)F. The zero-order chi connectivity index (χ0) is 18.6. The standard InChI is InChI=1S/C13H16N4O.C2HF3O2/c14-10-4-6-17(13(10)18)5-3-9-1-2-11-12(7-9)16-8-15-11;3-2(4,5)1(6)7/h1-2,7-8,10H,3-6,14H2,(H,15,16);(H,6,7)/t10-;/m0./s1. The smallest absolute Gasteiger partial charge is 0.475 e. The van der Waals surface area contributed by atoms with Crippen LogP contribution < -0.4 is 5.73 Å². The first-order valence-electron chi connectivity index (χ1n) is 7.45. The van der Waals surface area contributed by atoms with Crippen molar-refractivity contribution in [3.8, 4) is 0 Å². The summed E-state index contributed by atoms with van der Waals surface area (Å²) in [7, 11) is 0. The number of hydrogen-bond acceptors (Lipinski definition) is 4. The van der Waals surface area contributed by atoms with Crippen LogP contribution in [0.15, 0.2) is 24.5 Å².